The molecule has 1 aromatic heterocycles. The van der Waals surface area contributed by atoms with Crippen molar-refractivity contribution >= 4 is 41.6 Å². The van der Waals surface area contributed by atoms with E-state index in [0.29, 0.717) is 42.7 Å². The summed E-state index contributed by atoms with van der Waals surface area (Å²) >= 11 is 6.64. The lowest BCUT2D eigenvalue weighted by atomic mass is 10.1. The van der Waals surface area contributed by atoms with Crippen molar-refractivity contribution < 1.29 is 24.1 Å². The van der Waals surface area contributed by atoms with Crippen LogP contribution in [0.4, 0.5) is 0 Å². The van der Waals surface area contributed by atoms with Gasteiger partial charge in [-0.05, 0) is 48.6 Å². The summed E-state index contributed by atoms with van der Waals surface area (Å²) in [4.78, 5) is 17.1. The molecule has 3 heterocycles. The average molecular weight is 438 g/mol. The van der Waals surface area contributed by atoms with Crippen molar-refractivity contribution in [2.45, 2.75) is 0 Å². The highest BCUT2D eigenvalue weighted by atomic mass is 32.1. The van der Waals surface area contributed by atoms with Crippen molar-refractivity contribution in [1.29, 1.82) is 0 Å². The van der Waals surface area contributed by atoms with Crippen molar-refractivity contribution in [3.63, 3.8) is 0 Å². The Labute approximate surface area is 179 Å². The van der Waals surface area contributed by atoms with Crippen LogP contribution >= 0.6 is 23.6 Å². The van der Waals surface area contributed by atoms with Gasteiger partial charge in [0.15, 0.2) is 15.5 Å². The fourth-order valence-electron chi connectivity index (χ4n) is 3.25. The summed E-state index contributed by atoms with van der Waals surface area (Å²) in [6, 6.07) is 10.6. The van der Waals surface area contributed by atoms with Crippen molar-refractivity contribution in [3.05, 3.63) is 61.4 Å². The summed E-state index contributed by atoms with van der Waals surface area (Å²) < 4.78 is 17.9. The molecule has 1 amide bonds. The normalized spacial score (nSPS) is 15.5. The fourth-order valence-corrected chi connectivity index (χ4v) is 4.55. The largest absolute Gasteiger partial charge is 0.497 e. The maximum Gasteiger partial charge on any atom is 0.277 e. The maximum absolute atomic E-state index is 12.5. The first-order valence-corrected chi connectivity index (χ1v) is 10.1. The molecule has 0 radical (unpaired) electrons. The van der Waals surface area contributed by atoms with Gasteiger partial charge < -0.3 is 19.3 Å². The van der Waals surface area contributed by atoms with E-state index >= 15 is 0 Å². The highest BCUT2D eigenvalue weighted by molar-refractivity contribution is 7.73. The first-order chi connectivity index (χ1) is 14.5. The number of amides is 1. The number of benzene rings is 2. The lowest BCUT2D eigenvalue weighted by Gasteiger charge is -2.07. The minimum Gasteiger partial charge on any atom is -0.497 e. The Morgan fingerprint density at radius 2 is 2.07 bits per heavy atom. The molecule has 0 unspecified atom stereocenters. The van der Waals surface area contributed by atoms with Gasteiger partial charge in [0.25, 0.3) is 5.91 Å². The average Bonchev–Trinajstić information content (AvgIpc) is 3.31. The van der Waals surface area contributed by atoms with Crippen molar-refractivity contribution in [2.75, 3.05) is 13.9 Å². The zero-order chi connectivity index (χ0) is 20.8. The molecule has 30 heavy (non-hydrogen) atoms. The van der Waals surface area contributed by atoms with Crippen LogP contribution in [0.1, 0.15) is 4.88 Å². The van der Waals surface area contributed by atoms with Crippen LogP contribution in [0.5, 0.6) is 23.1 Å². The van der Waals surface area contributed by atoms with Crippen molar-refractivity contribution in [3.8, 4) is 28.8 Å². The summed E-state index contributed by atoms with van der Waals surface area (Å²) in [5, 5.41) is 12.1. The highest BCUT2D eigenvalue weighted by Gasteiger charge is 2.19. The molecule has 0 bridgehead atoms. The summed E-state index contributed by atoms with van der Waals surface area (Å²) in [5.74, 6) is 1.40. The Bertz CT molecular complexity index is 1420. The number of aromatic nitrogens is 1. The first-order valence-electron chi connectivity index (χ1n) is 8.89. The van der Waals surface area contributed by atoms with Gasteiger partial charge in [0, 0.05) is 22.9 Å². The number of methoxy groups -OCH3 is 1. The number of carbonyl (C=O) groups is 1. The number of fused-ring (bicyclic) bond motifs is 2. The highest BCUT2D eigenvalue weighted by Crippen LogP contribution is 2.37. The summed E-state index contributed by atoms with van der Waals surface area (Å²) in [6.07, 6.45) is 3.33. The van der Waals surface area contributed by atoms with Gasteiger partial charge >= 0.3 is 0 Å². The van der Waals surface area contributed by atoms with Gasteiger partial charge in [-0.2, -0.15) is 0 Å². The van der Waals surface area contributed by atoms with Gasteiger partial charge in [0.2, 0.25) is 12.7 Å². The number of thiazole rings is 1. The van der Waals surface area contributed by atoms with Gasteiger partial charge in [-0.15, -0.1) is 11.3 Å². The van der Waals surface area contributed by atoms with E-state index in [1.165, 1.54) is 15.9 Å². The Balaban J connectivity index is 1.58. The SMILES string of the molecule is COc1ccc2c(c1)=NC(=O)C(=Cc1sc(=S)n(-c3ccc4c(c3)OCO4)c1O)C=2. The van der Waals surface area contributed by atoms with Gasteiger partial charge in [-0.25, -0.2) is 4.99 Å². The summed E-state index contributed by atoms with van der Waals surface area (Å²) in [5.41, 5.74) is 1.00. The Morgan fingerprint density at radius 1 is 1.23 bits per heavy atom. The van der Waals surface area contributed by atoms with E-state index in [2.05, 4.69) is 4.99 Å². The Morgan fingerprint density at radius 3 is 2.90 bits per heavy atom. The molecule has 150 valence electrons. The first kappa shape index (κ1) is 18.6. The molecular weight excluding hydrogens is 424 g/mol. The molecule has 9 heteroatoms. The predicted molar refractivity (Wildman–Crippen MR) is 113 cm³/mol. The zero-order valence-electron chi connectivity index (χ0n) is 15.6. The molecule has 2 aromatic carbocycles. The molecule has 2 aliphatic rings. The molecule has 0 aliphatic carbocycles. The Hall–Kier alpha value is -3.43. The van der Waals surface area contributed by atoms with Crippen LogP contribution in [0.3, 0.4) is 0 Å². The summed E-state index contributed by atoms with van der Waals surface area (Å²) in [7, 11) is 1.56. The topological polar surface area (TPSA) is 82.3 Å². The van der Waals surface area contributed by atoms with Crippen LogP contribution in [0, 0.1) is 3.95 Å². The maximum atomic E-state index is 12.5. The van der Waals surface area contributed by atoms with Gasteiger partial charge in [0.1, 0.15) is 5.75 Å². The van der Waals surface area contributed by atoms with E-state index in [-0.39, 0.29) is 12.7 Å². The van der Waals surface area contributed by atoms with Gasteiger partial charge in [-0.1, -0.05) is 0 Å². The second-order valence-corrected chi connectivity index (χ2v) is 8.19. The number of hydrogen-bond donors (Lipinski definition) is 1. The number of ether oxygens (including phenoxy) is 3. The predicted octanol–water partition coefficient (Wildman–Crippen LogP) is 2.74. The number of aromatic hydroxyl groups is 1. The fraction of sp³-hybridized carbons (Fsp3) is 0.0952. The van der Waals surface area contributed by atoms with Crippen LogP contribution in [-0.2, 0) is 4.79 Å². The molecule has 0 saturated heterocycles. The van der Waals surface area contributed by atoms with Crippen molar-refractivity contribution in [1.82, 2.24) is 4.57 Å². The molecule has 0 spiro atoms. The van der Waals surface area contributed by atoms with Crippen LogP contribution in [-0.4, -0.2) is 29.5 Å². The molecular formula is C21H14N2O5S2. The third-order valence-electron chi connectivity index (χ3n) is 4.73. The minimum absolute atomic E-state index is 0.0573. The molecule has 0 fully saturated rings. The third kappa shape index (κ3) is 3.08. The molecule has 0 saturated carbocycles. The second-order valence-electron chi connectivity index (χ2n) is 6.51. The van der Waals surface area contributed by atoms with Crippen molar-refractivity contribution in [2.24, 2.45) is 4.99 Å². The van der Waals surface area contributed by atoms with E-state index in [1.54, 1.807) is 49.6 Å². The zero-order valence-corrected chi connectivity index (χ0v) is 17.3. The lowest BCUT2D eigenvalue weighted by molar-refractivity contribution is -0.114. The molecule has 2 aliphatic heterocycles. The van der Waals surface area contributed by atoms with E-state index in [9.17, 15) is 9.90 Å². The third-order valence-corrected chi connectivity index (χ3v) is 6.04. The molecule has 0 atom stereocenters. The molecule has 7 nitrogen and oxygen atoms in total. The summed E-state index contributed by atoms with van der Waals surface area (Å²) in [6.45, 7) is 0.159. The van der Waals surface area contributed by atoms with Gasteiger partial charge in [-0.3, -0.25) is 9.36 Å². The van der Waals surface area contributed by atoms with E-state index in [4.69, 9.17) is 26.4 Å². The molecule has 1 N–H and O–H groups in total. The lowest BCUT2D eigenvalue weighted by Crippen LogP contribution is -2.30. The van der Waals surface area contributed by atoms with Gasteiger partial charge in [0.05, 0.1) is 23.0 Å². The number of hydrogen-bond acceptors (Lipinski definition) is 7. The molecule has 5 rings (SSSR count). The quantitative estimate of drug-likeness (QED) is 0.500. The van der Waals surface area contributed by atoms with E-state index in [0.717, 1.165) is 5.22 Å². The standard InChI is InChI=1S/C21H14N2O5S2/c1-26-14-4-2-11-6-12(19(24)22-15(11)9-14)7-18-20(25)23(21(29)30-18)13-3-5-16-17(8-13)28-10-27-16/h2-9,25H,10H2,1H3. The smallest absolute Gasteiger partial charge is 0.277 e. The van der Waals surface area contributed by atoms with Crippen LogP contribution in [0.2, 0.25) is 0 Å². The second kappa shape index (κ2) is 7.12. The minimum atomic E-state index is -0.399. The van der Waals surface area contributed by atoms with Crippen LogP contribution in [0.25, 0.3) is 17.8 Å². The van der Waals surface area contributed by atoms with Crippen LogP contribution < -0.4 is 24.8 Å². The monoisotopic (exact) mass is 438 g/mol. The number of nitrogens with zero attached hydrogens (tertiary/aromatic N) is 2. The van der Waals surface area contributed by atoms with E-state index in [1.807, 2.05) is 6.07 Å². The number of rotatable bonds is 3. The van der Waals surface area contributed by atoms with E-state index < -0.39 is 5.91 Å². The molecule has 3 aromatic rings. The Kier molecular flexibility index (Phi) is 4.41. The number of carbonyl (C=O) groups excluding carboxylic acids is 1. The van der Waals surface area contributed by atoms with Crippen LogP contribution in [0.15, 0.2) is 47.0 Å².